The molecule has 1 heterocycles. The van der Waals surface area contributed by atoms with Gasteiger partial charge >= 0.3 is 0 Å². The zero-order valence-corrected chi connectivity index (χ0v) is 16.7. The lowest BCUT2D eigenvalue weighted by atomic mass is 9.53. The molecule has 6 rings (SSSR count). The van der Waals surface area contributed by atoms with Crippen LogP contribution in [0.5, 0.6) is 0 Å². The molecular formula is C23H28N4O. The third-order valence-electron chi connectivity index (χ3n) is 6.80. The first-order valence-corrected chi connectivity index (χ1v) is 10.5. The van der Waals surface area contributed by atoms with Gasteiger partial charge in [-0.2, -0.15) is 0 Å². The van der Waals surface area contributed by atoms with Crippen LogP contribution in [0.4, 0.5) is 11.6 Å². The van der Waals surface area contributed by atoms with E-state index in [1.807, 2.05) is 44.2 Å². The predicted molar refractivity (Wildman–Crippen MR) is 110 cm³/mol. The van der Waals surface area contributed by atoms with Gasteiger partial charge in [-0.1, -0.05) is 0 Å². The van der Waals surface area contributed by atoms with Crippen molar-refractivity contribution in [1.82, 2.24) is 15.3 Å². The molecule has 2 N–H and O–H groups in total. The van der Waals surface area contributed by atoms with Gasteiger partial charge in [-0.15, -0.1) is 0 Å². The first kappa shape index (κ1) is 17.7. The number of carbonyl (C=O) groups is 1. The van der Waals surface area contributed by atoms with Crippen molar-refractivity contribution in [3.8, 4) is 0 Å². The highest BCUT2D eigenvalue weighted by molar-refractivity contribution is 5.95. The van der Waals surface area contributed by atoms with Crippen molar-refractivity contribution in [2.75, 3.05) is 5.32 Å². The number of hydrogen-bond donors (Lipinski definition) is 2. The Balaban J connectivity index is 1.27. The second-order valence-corrected chi connectivity index (χ2v) is 9.33. The first-order valence-electron chi connectivity index (χ1n) is 10.5. The molecule has 0 spiro atoms. The molecular weight excluding hydrogens is 348 g/mol. The molecule has 0 unspecified atom stereocenters. The fourth-order valence-corrected chi connectivity index (χ4v) is 6.19. The van der Waals surface area contributed by atoms with Gasteiger partial charge in [0.1, 0.15) is 0 Å². The van der Waals surface area contributed by atoms with E-state index in [0.717, 1.165) is 40.4 Å². The van der Waals surface area contributed by atoms with E-state index in [9.17, 15) is 4.79 Å². The average Bonchev–Trinajstić information content (AvgIpc) is 2.59. The van der Waals surface area contributed by atoms with Gasteiger partial charge in [-0.05, 0) is 100 Å². The maximum Gasteiger partial charge on any atom is 0.251 e. The maximum absolute atomic E-state index is 12.9. The van der Waals surface area contributed by atoms with E-state index in [1.54, 1.807) is 0 Å². The molecule has 4 fully saturated rings. The normalized spacial score (nSPS) is 30.3. The molecule has 28 heavy (non-hydrogen) atoms. The Bertz CT molecular complexity index is 850. The number of nitrogens with zero attached hydrogens (tertiary/aromatic N) is 2. The predicted octanol–water partition coefficient (Wildman–Crippen LogP) is 4.54. The Labute approximate surface area is 166 Å². The van der Waals surface area contributed by atoms with Crippen molar-refractivity contribution in [2.45, 2.75) is 57.9 Å². The quantitative estimate of drug-likeness (QED) is 0.822. The molecule has 4 aliphatic rings. The third kappa shape index (κ3) is 3.38. The maximum atomic E-state index is 12.9. The van der Waals surface area contributed by atoms with E-state index in [2.05, 4.69) is 20.6 Å². The average molecular weight is 377 g/mol. The topological polar surface area (TPSA) is 66.9 Å². The number of anilines is 2. The SMILES string of the molecule is Cc1cc(C)nc(Nc2ccc(C(=O)NC34CC5CC(CC(C5)C3)C4)cc2)n1. The van der Waals surface area contributed by atoms with Crippen LogP contribution >= 0.6 is 0 Å². The summed E-state index contributed by atoms with van der Waals surface area (Å²) in [6.07, 6.45) is 7.68. The molecule has 4 bridgehead atoms. The lowest BCUT2D eigenvalue weighted by Crippen LogP contribution is -2.59. The minimum Gasteiger partial charge on any atom is -0.347 e. The number of carbonyl (C=O) groups excluding carboxylic acids is 1. The molecule has 5 heteroatoms. The van der Waals surface area contributed by atoms with E-state index >= 15 is 0 Å². The van der Waals surface area contributed by atoms with Gasteiger partial charge < -0.3 is 10.6 Å². The minimum absolute atomic E-state index is 0.0513. The van der Waals surface area contributed by atoms with Crippen LogP contribution in [0, 0.1) is 31.6 Å². The van der Waals surface area contributed by atoms with Gasteiger partial charge in [0, 0.05) is 28.2 Å². The molecule has 4 aliphatic carbocycles. The number of aromatic nitrogens is 2. The summed E-state index contributed by atoms with van der Waals surface area (Å²) in [7, 11) is 0. The molecule has 0 atom stereocenters. The van der Waals surface area contributed by atoms with E-state index in [0.29, 0.717) is 5.95 Å². The Hall–Kier alpha value is -2.43. The highest BCUT2D eigenvalue weighted by Crippen LogP contribution is 2.55. The highest BCUT2D eigenvalue weighted by atomic mass is 16.1. The van der Waals surface area contributed by atoms with Crippen molar-refractivity contribution >= 4 is 17.5 Å². The lowest BCUT2D eigenvalue weighted by molar-refractivity contribution is -0.0167. The smallest absolute Gasteiger partial charge is 0.251 e. The van der Waals surface area contributed by atoms with Gasteiger partial charge in [-0.3, -0.25) is 4.79 Å². The zero-order chi connectivity index (χ0) is 19.3. The minimum atomic E-state index is 0.0513. The second kappa shape index (κ2) is 6.57. The van der Waals surface area contributed by atoms with E-state index in [1.165, 1.54) is 38.5 Å². The van der Waals surface area contributed by atoms with Gasteiger partial charge in [-0.25, -0.2) is 9.97 Å². The summed E-state index contributed by atoms with van der Waals surface area (Å²) in [5.74, 6) is 3.14. The number of nitrogens with one attached hydrogen (secondary N) is 2. The Morgan fingerprint density at radius 1 is 0.929 bits per heavy atom. The molecule has 0 saturated heterocycles. The van der Waals surface area contributed by atoms with E-state index in [4.69, 9.17) is 0 Å². The third-order valence-corrected chi connectivity index (χ3v) is 6.80. The molecule has 1 aromatic carbocycles. The van der Waals surface area contributed by atoms with E-state index in [-0.39, 0.29) is 11.4 Å². The molecule has 2 aromatic rings. The van der Waals surface area contributed by atoms with Gasteiger partial charge in [0.25, 0.3) is 5.91 Å². The van der Waals surface area contributed by atoms with Crippen molar-refractivity contribution in [3.63, 3.8) is 0 Å². The molecule has 0 radical (unpaired) electrons. The molecule has 146 valence electrons. The summed E-state index contributed by atoms with van der Waals surface area (Å²) in [6, 6.07) is 9.58. The van der Waals surface area contributed by atoms with Crippen molar-refractivity contribution < 1.29 is 4.79 Å². The second-order valence-electron chi connectivity index (χ2n) is 9.33. The first-order chi connectivity index (χ1) is 13.5. The molecule has 0 aliphatic heterocycles. The number of benzene rings is 1. The van der Waals surface area contributed by atoms with Crippen molar-refractivity contribution in [3.05, 3.63) is 47.3 Å². The van der Waals surface area contributed by atoms with E-state index < -0.39 is 0 Å². The summed E-state index contributed by atoms with van der Waals surface area (Å²) < 4.78 is 0. The molecule has 1 amide bonds. The monoisotopic (exact) mass is 376 g/mol. The standard InChI is InChI=1S/C23H28N4O/c1-14-7-15(2)25-22(24-14)26-20-5-3-19(4-6-20)21(28)27-23-11-16-8-17(12-23)10-18(9-16)13-23/h3-7,16-18H,8-13H2,1-2H3,(H,27,28)(H,24,25,26). The van der Waals surface area contributed by atoms with Crippen LogP contribution in [0.1, 0.15) is 60.3 Å². The number of rotatable bonds is 4. The van der Waals surface area contributed by atoms with Crippen molar-refractivity contribution in [2.24, 2.45) is 17.8 Å². The number of aryl methyl sites for hydroxylation is 2. The molecule has 5 nitrogen and oxygen atoms in total. The Morgan fingerprint density at radius 2 is 1.46 bits per heavy atom. The van der Waals surface area contributed by atoms with Crippen LogP contribution in [-0.2, 0) is 0 Å². The van der Waals surface area contributed by atoms with Crippen LogP contribution in [0.25, 0.3) is 0 Å². The number of amides is 1. The largest absolute Gasteiger partial charge is 0.347 e. The van der Waals surface area contributed by atoms with Gasteiger partial charge in [0.15, 0.2) is 0 Å². The molecule has 1 aromatic heterocycles. The highest BCUT2D eigenvalue weighted by Gasteiger charge is 2.51. The van der Waals surface area contributed by atoms with Crippen LogP contribution < -0.4 is 10.6 Å². The summed E-state index contributed by atoms with van der Waals surface area (Å²) >= 11 is 0. The lowest BCUT2D eigenvalue weighted by Gasteiger charge is -2.56. The van der Waals surface area contributed by atoms with Crippen LogP contribution in [-0.4, -0.2) is 21.4 Å². The van der Waals surface area contributed by atoms with Crippen LogP contribution in [0.3, 0.4) is 0 Å². The fraction of sp³-hybridized carbons (Fsp3) is 0.522. The summed E-state index contributed by atoms with van der Waals surface area (Å²) in [4.78, 5) is 21.7. The van der Waals surface area contributed by atoms with Gasteiger partial charge in [0.05, 0.1) is 0 Å². The van der Waals surface area contributed by atoms with Crippen LogP contribution in [0.15, 0.2) is 30.3 Å². The zero-order valence-electron chi connectivity index (χ0n) is 16.7. The van der Waals surface area contributed by atoms with Crippen molar-refractivity contribution in [1.29, 1.82) is 0 Å². The Kier molecular flexibility index (Phi) is 4.14. The van der Waals surface area contributed by atoms with Gasteiger partial charge in [0.2, 0.25) is 5.95 Å². The fourth-order valence-electron chi connectivity index (χ4n) is 6.19. The summed E-state index contributed by atoms with van der Waals surface area (Å²) in [5, 5.41) is 6.67. The summed E-state index contributed by atoms with van der Waals surface area (Å²) in [6.45, 7) is 3.91. The summed E-state index contributed by atoms with van der Waals surface area (Å²) in [5.41, 5.74) is 3.53. The molecule has 4 saturated carbocycles. The number of hydrogen-bond acceptors (Lipinski definition) is 4. The Morgan fingerprint density at radius 3 is 2.00 bits per heavy atom. The van der Waals surface area contributed by atoms with Crippen LogP contribution in [0.2, 0.25) is 0 Å².